The van der Waals surface area contributed by atoms with Crippen LogP contribution in [0.15, 0.2) is 30.3 Å². The molecule has 0 spiro atoms. The Kier molecular flexibility index (Phi) is 5.56. The average Bonchev–Trinajstić information content (AvgIpc) is 2.48. The van der Waals surface area contributed by atoms with Gasteiger partial charge < -0.3 is 14.7 Å². The van der Waals surface area contributed by atoms with E-state index >= 15 is 0 Å². The highest BCUT2D eigenvalue weighted by molar-refractivity contribution is 5.73. The fourth-order valence-electron chi connectivity index (χ4n) is 2.73. The third-order valence-electron chi connectivity index (χ3n) is 3.80. The number of rotatable bonds is 5. The van der Waals surface area contributed by atoms with E-state index in [0.29, 0.717) is 6.61 Å². The van der Waals surface area contributed by atoms with Gasteiger partial charge in [0.05, 0.1) is 25.4 Å². The minimum absolute atomic E-state index is 0.0387. The molecule has 0 bridgehead atoms. The predicted molar refractivity (Wildman–Crippen MR) is 77.1 cm³/mol. The highest BCUT2D eigenvalue weighted by Gasteiger charge is 2.30. The zero-order valence-electron chi connectivity index (χ0n) is 12.0. The molecule has 1 amide bonds. The van der Waals surface area contributed by atoms with Gasteiger partial charge in [0.2, 0.25) is 5.91 Å². The molecule has 1 aliphatic rings. The van der Waals surface area contributed by atoms with E-state index in [2.05, 4.69) is 0 Å². The number of benzene rings is 1. The molecule has 0 aromatic heterocycles. The summed E-state index contributed by atoms with van der Waals surface area (Å²) in [5.74, 6) is 0.0387. The van der Waals surface area contributed by atoms with Crippen LogP contribution in [0.25, 0.3) is 0 Å². The van der Waals surface area contributed by atoms with E-state index in [1.807, 2.05) is 30.3 Å². The molecule has 1 aromatic rings. The molecular weight excluding hydrogens is 254 g/mol. The molecule has 4 heteroatoms. The number of likely N-dealkylation sites (tertiary alicyclic amines) is 1. The first-order valence-electron chi connectivity index (χ1n) is 7.25. The van der Waals surface area contributed by atoms with Crippen LogP contribution in [0.4, 0.5) is 0 Å². The zero-order chi connectivity index (χ0) is 14.4. The average molecular weight is 277 g/mol. The van der Waals surface area contributed by atoms with E-state index in [1.54, 1.807) is 11.8 Å². The summed E-state index contributed by atoms with van der Waals surface area (Å²) in [6.45, 7) is 3.07. The van der Waals surface area contributed by atoms with Gasteiger partial charge in [-0.3, -0.25) is 4.79 Å². The van der Waals surface area contributed by atoms with Crippen LogP contribution >= 0.6 is 0 Å². The van der Waals surface area contributed by atoms with Gasteiger partial charge in [0.1, 0.15) is 0 Å². The topological polar surface area (TPSA) is 49.8 Å². The summed E-state index contributed by atoms with van der Waals surface area (Å²) in [4.78, 5) is 13.4. The molecule has 1 aliphatic heterocycles. The highest BCUT2D eigenvalue weighted by atomic mass is 16.5. The van der Waals surface area contributed by atoms with Gasteiger partial charge in [-0.2, -0.15) is 0 Å². The summed E-state index contributed by atoms with van der Waals surface area (Å²) in [5.41, 5.74) is 1.09. The number of aliphatic hydroxyl groups is 1. The van der Waals surface area contributed by atoms with Crippen molar-refractivity contribution in [3.8, 4) is 0 Å². The highest BCUT2D eigenvalue weighted by Crippen LogP contribution is 2.20. The van der Waals surface area contributed by atoms with Gasteiger partial charge >= 0.3 is 0 Å². The van der Waals surface area contributed by atoms with Crippen molar-refractivity contribution < 1.29 is 14.6 Å². The lowest BCUT2D eigenvalue weighted by atomic mass is 9.97. The lowest BCUT2D eigenvalue weighted by Crippen LogP contribution is -2.50. The Morgan fingerprint density at radius 3 is 2.85 bits per heavy atom. The molecular formula is C16H23NO3. The fraction of sp³-hybridized carbons (Fsp3) is 0.562. The van der Waals surface area contributed by atoms with Gasteiger partial charge in [-0.15, -0.1) is 0 Å². The molecule has 0 radical (unpaired) electrons. The van der Waals surface area contributed by atoms with Crippen LogP contribution < -0.4 is 0 Å². The van der Waals surface area contributed by atoms with Crippen molar-refractivity contribution in [2.45, 2.75) is 44.9 Å². The van der Waals surface area contributed by atoms with Gasteiger partial charge in [-0.05, 0) is 24.8 Å². The lowest BCUT2D eigenvalue weighted by Gasteiger charge is -2.37. The molecule has 0 unspecified atom stereocenters. The van der Waals surface area contributed by atoms with Crippen LogP contribution in [-0.2, 0) is 16.1 Å². The number of carbonyl (C=O) groups excluding carboxylic acids is 1. The number of hydrogen-bond donors (Lipinski definition) is 1. The van der Waals surface area contributed by atoms with E-state index in [9.17, 15) is 9.90 Å². The molecule has 0 saturated carbocycles. The molecule has 110 valence electrons. The van der Waals surface area contributed by atoms with Gasteiger partial charge in [0, 0.05) is 13.5 Å². The summed E-state index contributed by atoms with van der Waals surface area (Å²) < 4.78 is 5.57. The van der Waals surface area contributed by atoms with Crippen LogP contribution in [0.3, 0.4) is 0 Å². The number of aliphatic hydroxyl groups excluding tert-OH is 1. The molecule has 1 saturated heterocycles. The molecule has 4 nitrogen and oxygen atoms in total. The Morgan fingerprint density at radius 2 is 2.15 bits per heavy atom. The Balaban J connectivity index is 1.81. The number of carbonyl (C=O) groups is 1. The maximum absolute atomic E-state index is 11.6. The second-order valence-electron chi connectivity index (χ2n) is 5.34. The number of ether oxygens (including phenoxy) is 1. The summed E-state index contributed by atoms with van der Waals surface area (Å²) in [6, 6.07) is 9.79. The van der Waals surface area contributed by atoms with Crippen LogP contribution in [-0.4, -0.2) is 41.2 Å². The standard InChI is InChI=1S/C16H23NO3/c1-13(18)17-10-6-5-9-15(17)16(19)12-20-11-14-7-3-2-4-8-14/h2-4,7-8,15-16,19H,5-6,9-12H2,1H3/t15-,16-/m1/s1. The number of amides is 1. The number of hydrogen-bond acceptors (Lipinski definition) is 3. The first kappa shape index (κ1) is 15.0. The summed E-state index contributed by atoms with van der Waals surface area (Å²) >= 11 is 0. The van der Waals surface area contributed by atoms with Gasteiger partial charge in [0.15, 0.2) is 0 Å². The molecule has 2 rings (SSSR count). The summed E-state index contributed by atoms with van der Waals surface area (Å²) in [7, 11) is 0. The second kappa shape index (κ2) is 7.41. The van der Waals surface area contributed by atoms with Crippen molar-refractivity contribution in [1.29, 1.82) is 0 Å². The smallest absolute Gasteiger partial charge is 0.219 e. The van der Waals surface area contributed by atoms with Crippen LogP contribution in [0.2, 0.25) is 0 Å². The normalized spacial score (nSPS) is 20.7. The molecule has 20 heavy (non-hydrogen) atoms. The maximum Gasteiger partial charge on any atom is 0.219 e. The van der Waals surface area contributed by atoms with Crippen molar-refractivity contribution in [1.82, 2.24) is 4.90 Å². The van der Waals surface area contributed by atoms with E-state index in [4.69, 9.17) is 4.74 Å². The third kappa shape index (κ3) is 4.05. The van der Waals surface area contributed by atoms with E-state index < -0.39 is 6.10 Å². The van der Waals surface area contributed by atoms with Crippen molar-refractivity contribution in [2.75, 3.05) is 13.2 Å². The number of nitrogens with zero attached hydrogens (tertiary/aromatic N) is 1. The predicted octanol–water partition coefficient (Wildman–Crippen LogP) is 1.97. The summed E-state index contributed by atoms with van der Waals surface area (Å²) in [5, 5.41) is 10.3. The lowest BCUT2D eigenvalue weighted by molar-refractivity contribution is -0.137. The van der Waals surface area contributed by atoms with Crippen LogP contribution in [0, 0.1) is 0 Å². The summed E-state index contributed by atoms with van der Waals surface area (Å²) in [6.07, 6.45) is 2.33. The maximum atomic E-state index is 11.6. The van der Waals surface area contributed by atoms with Gasteiger partial charge in [0.25, 0.3) is 0 Å². The van der Waals surface area contributed by atoms with Crippen molar-refractivity contribution in [3.63, 3.8) is 0 Å². The Labute approximate surface area is 120 Å². The zero-order valence-corrected chi connectivity index (χ0v) is 12.0. The first-order valence-corrected chi connectivity index (χ1v) is 7.25. The van der Waals surface area contributed by atoms with Crippen LogP contribution in [0.5, 0.6) is 0 Å². The van der Waals surface area contributed by atoms with Gasteiger partial charge in [-0.1, -0.05) is 30.3 Å². The van der Waals surface area contributed by atoms with E-state index in [0.717, 1.165) is 31.4 Å². The van der Waals surface area contributed by atoms with Gasteiger partial charge in [-0.25, -0.2) is 0 Å². The first-order chi connectivity index (χ1) is 9.68. The molecule has 1 N–H and O–H groups in total. The molecule has 1 heterocycles. The third-order valence-corrected chi connectivity index (χ3v) is 3.80. The molecule has 0 aliphatic carbocycles. The molecule has 1 aromatic carbocycles. The van der Waals surface area contributed by atoms with E-state index in [-0.39, 0.29) is 18.6 Å². The van der Waals surface area contributed by atoms with Crippen molar-refractivity contribution in [2.24, 2.45) is 0 Å². The van der Waals surface area contributed by atoms with Crippen LogP contribution in [0.1, 0.15) is 31.7 Å². The fourth-order valence-corrected chi connectivity index (χ4v) is 2.73. The molecule has 2 atom stereocenters. The minimum atomic E-state index is -0.608. The Morgan fingerprint density at radius 1 is 1.40 bits per heavy atom. The largest absolute Gasteiger partial charge is 0.389 e. The SMILES string of the molecule is CC(=O)N1CCCC[C@@H]1[C@H](O)COCc1ccccc1. The van der Waals surface area contributed by atoms with Crippen molar-refractivity contribution >= 4 is 5.91 Å². The quantitative estimate of drug-likeness (QED) is 0.895. The van der Waals surface area contributed by atoms with E-state index in [1.165, 1.54) is 0 Å². The Bertz CT molecular complexity index is 421. The number of piperidine rings is 1. The molecule has 1 fully saturated rings. The second-order valence-corrected chi connectivity index (χ2v) is 5.34. The monoisotopic (exact) mass is 277 g/mol. The van der Waals surface area contributed by atoms with Crippen molar-refractivity contribution in [3.05, 3.63) is 35.9 Å². The Hall–Kier alpha value is -1.39. The minimum Gasteiger partial charge on any atom is -0.389 e.